The van der Waals surface area contributed by atoms with E-state index >= 15 is 0 Å². The Morgan fingerprint density at radius 3 is 2.69 bits per heavy atom. The number of halogens is 1. The summed E-state index contributed by atoms with van der Waals surface area (Å²) in [5, 5.41) is 7.51. The Morgan fingerprint density at radius 2 is 2.19 bits per heavy atom. The van der Waals surface area contributed by atoms with Crippen LogP contribution in [0, 0.1) is 0 Å². The molecule has 0 unspecified atom stereocenters. The van der Waals surface area contributed by atoms with Gasteiger partial charge in [0, 0.05) is 5.54 Å². The van der Waals surface area contributed by atoms with E-state index in [-0.39, 0.29) is 17.1 Å². The molecule has 1 saturated carbocycles. The van der Waals surface area contributed by atoms with Crippen molar-refractivity contribution in [2.75, 3.05) is 5.32 Å². The maximum atomic E-state index is 12.0. The zero-order valence-corrected chi connectivity index (χ0v) is 11.3. The largest absolute Gasteiger partial charge is 0.378 e. The molecule has 1 aromatic rings. The van der Waals surface area contributed by atoms with Crippen LogP contribution in [0.25, 0.3) is 0 Å². The van der Waals surface area contributed by atoms with Crippen molar-refractivity contribution in [1.82, 2.24) is 9.78 Å². The first-order valence-electron chi connectivity index (χ1n) is 5.48. The molecular formula is C11H16BrN3O. The number of anilines is 1. The Bertz CT molecular complexity index is 463. The quantitative estimate of drug-likeness (QED) is 0.929. The molecule has 1 aliphatic carbocycles. The van der Waals surface area contributed by atoms with Crippen LogP contribution in [-0.2, 0) is 0 Å². The lowest BCUT2D eigenvalue weighted by Gasteiger charge is -2.16. The molecule has 0 radical (unpaired) electrons. The third-order valence-corrected chi connectivity index (χ3v) is 3.64. The topological polar surface area (TPSA) is 46.9 Å². The van der Waals surface area contributed by atoms with Gasteiger partial charge in [0.1, 0.15) is 4.47 Å². The monoisotopic (exact) mass is 285 g/mol. The fourth-order valence-electron chi connectivity index (χ4n) is 1.54. The van der Waals surface area contributed by atoms with E-state index in [1.165, 1.54) is 4.68 Å². The Labute approximate surface area is 103 Å². The van der Waals surface area contributed by atoms with Crippen LogP contribution in [0.1, 0.15) is 39.7 Å². The lowest BCUT2D eigenvalue weighted by molar-refractivity contribution is 0.500. The second kappa shape index (κ2) is 3.87. The highest BCUT2D eigenvalue weighted by Gasteiger charge is 2.37. The first-order chi connectivity index (χ1) is 7.43. The van der Waals surface area contributed by atoms with Gasteiger partial charge >= 0.3 is 0 Å². The number of hydrogen-bond donors (Lipinski definition) is 1. The second-order valence-corrected chi connectivity index (χ2v) is 5.69. The number of nitrogens with one attached hydrogen (secondary N) is 1. The summed E-state index contributed by atoms with van der Waals surface area (Å²) in [6.07, 6.45) is 4.01. The first kappa shape index (κ1) is 11.6. The Balaban J connectivity index is 2.35. The van der Waals surface area contributed by atoms with Crippen molar-refractivity contribution in [2.45, 2.75) is 45.2 Å². The predicted octanol–water partition coefficient (Wildman–Crippen LogP) is 2.55. The molecule has 4 nitrogen and oxygen atoms in total. The Morgan fingerprint density at radius 1 is 1.56 bits per heavy atom. The van der Waals surface area contributed by atoms with Crippen LogP contribution in [0.4, 0.5) is 5.69 Å². The summed E-state index contributed by atoms with van der Waals surface area (Å²) < 4.78 is 2.05. The normalized spacial score (nSPS) is 17.6. The minimum absolute atomic E-state index is 0.0781. The van der Waals surface area contributed by atoms with E-state index in [0.29, 0.717) is 4.47 Å². The average molecular weight is 286 g/mol. The molecule has 0 atom stereocenters. The molecule has 0 aromatic carbocycles. The van der Waals surface area contributed by atoms with Crippen LogP contribution in [0.3, 0.4) is 0 Å². The van der Waals surface area contributed by atoms with Crippen molar-refractivity contribution in [3.8, 4) is 0 Å². The number of rotatable bonds is 3. The van der Waals surface area contributed by atoms with Gasteiger partial charge in [0.25, 0.3) is 5.56 Å². The number of hydrogen-bond acceptors (Lipinski definition) is 3. The van der Waals surface area contributed by atoms with Crippen LogP contribution in [0.15, 0.2) is 15.5 Å². The van der Waals surface area contributed by atoms with Gasteiger partial charge in [-0.05, 0) is 49.5 Å². The molecule has 0 saturated heterocycles. The summed E-state index contributed by atoms with van der Waals surface area (Å²) in [5.41, 5.74) is 0.867. The third-order valence-electron chi connectivity index (χ3n) is 2.87. The summed E-state index contributed by atoms with van der Waals surface area (Å²) in [7, 11) is 0. The van der Waals surface area contributed by atoms with Crippen molar-refractivity contribution in [2.24, 2.45) is 0 Å². The molecule has 0 amide bonds. The molecule has 16 heavy (non-hydrogen) atoms. The lowest BCUT2D eigenvalue weighted by atomic mass is 10.3. The van der Waals surface area contributed by atoms with Crippen LogP contribution in [-0.4, -0.2) is 15.3 Å². The fraction of sp³-hybridized carbons (Fsp3) is 0.636. The maximum absolute atomic E-state index is 12.0. The minimum Gasteiger partial charge on any atom is -0.378 e. The van der Waals surface area contributed by atoms with Gasteiger partial charge in [-0.1, -0.05) is 0 Å². The van der Waals surface area contributed by atoms with E-state index in [9.17, 15) is 4.79 Å². The molecule has 2 rings (SSSR count). The van der Waals surface area contributed by atoms with Crippen molar-refractivity contribution in [1.29, 1.82) is 0 Å². The molecule has 0 spiro atoms. The van der Waals surface area contributed by atoms with Crippen molar-refractivity contribution in [3.63, 3.8) is 0 Å². The zero-order chi connectivity index (χ0) is 11.9. The van der Waals surface area contributed by atoms with E-state index in [2.05, 4.69) is 33.3 Å². The SMILES string of the molecule is CC(C)n1ncc(NC2(C)CC2)c(Br)c1=O. The van der Waals surface area contributed by atoms with Gasteiger partial charge in [0.05, 0.1) is 17.9 Å². The van der Waals surface area contributed by atoms with E-state index in [0.717, 1.165) is 18.5 Å². The van der Waals surface area contributed by atoms with Crippen molar-refractivity contribution in [3.05, 3.63) is 21.0 Å². The molecule has 1 fully saturated rings. The highest BCUT2D eigenvalue weighted by molar-refractivity contribution is 9.10. The van der Waals surface area contributed by atoms with Gasteiger partial charge in [-0.2, -0.15) is 5.10 Å². The Kier molecular flexibility index (Phi) is 2.82. The predicted molar refractivity (Wildman–Crippen MR) is 67.8 cm³/mol. The van der Waals surface area contributed by atoms with E-state index in [4.69, 9.17) is 0 Å². The minimum atomic E-state index is -0.0794. The molecule has 88 valence electrons. The lowest BCUT2D eigenvalue weighted by Crippen LogP contribution is -2.27. The summed E-state index contributed by atoms with van der Waals surface area (Å²) in [5.74, 6) is 0. The van der Waals surface area contributed by atoms with E-state index < -0.39 is 0 Å². The highest BCUT2D eigenvalue weighted by Crippen LogP contribution is 2.39. The van der Waals surface area contributed by atoms with Gasteiger partial charge < -0.3 is 5.32 Å². The standard InChI is InChI=1S/C11H16BrN3O/c1-7(2)15-10(16)9(12)8(6-13-15)14-11(3)4-5-11/h6-7,14H,4-5H2,1-3H3. The molecule has 0 bridgehead atoms. The van der Waals surface area contributed by atoms with E-state index in [1.54, 1.807) is 6.20 Å². The smallest absolute Gasteiger partial charge is 0.283 e. The average Bonchev–Trinajstić information content (AvgIpc) is 2.91. The van der Waals surface area contributed by atoms with Gasteiger partial charge in [-0.3, -0.25) is 4.79 Å². The molecule has 1 aliphatic rings. The molecular weight excluding hydrogens is 270 g/mol. The molecule has 1 aromatic heterocycles. The van der Waals surface area contributed by atoms with Crippen molar-refractivity contribution < 1.29 is 0 Å². The molecule has 5 heteroatoms. The number of nitrogens with zero attached hydrogens (tertiary/aromatic N) is 2. The second-order valence-electron chi connectivity index (χ2n) is 4.90. The molecule has 0 aliphatic heterocycles. The van der Waals surface area contributed by atoms with Gasteiger partial charge in [0.15, 0.2) is 0 Å². The maximum Gasteiger partial charge on any atom is 0.283 e. The van der Waals surface area contributed by atoms with Crippen molar-refractivity contribution >= 4 is 21.6 Å². The summed E-state index contributed by atoms with van der Waals surface area (Å²) in [6, 6.07) is 0.0781. The zero-order valence-electron chi connectivity index (χ0n) is 9.75. The Hall–Kier alpha value is -0.840. The molecule has 1 heterocycles. The van der Waals surface area contributed by atoms with Crippen LogP contribution >= 0.6 is 15.9 Å². The summed E-state index contributed by atoms with van der Waals surface area (Å²) in [6.45, 7) is 6.03. The van der Waals surface area contributed by atoms with Crippen LogP contribution in [0.2, 0.25) is 0 Å². The molecule has 1 N–H and O–H groups in total. The first-order valence-corrected chi connectivity index (χ1v) is 6.28. The number of aromatic nitrogens is 2. The van der Waals surface area contributed by atoms with Gasteiger partial charge in [-0.15, -0.1) is 0 Å². The summed E-state index contributed by atoms with van der Waals surface area (Å²) >= 11 is 3.34. The van der Waals surface area contributed by atoms with E-state index in [1.807, 2.05) is 13.8 Å². The fourth-order valence-corrected chi connectivity index (χ4v) is 1.92. The third kappa shape index (κ3) is 2.14. The van der Waals surface area contributed by atoms with Crippen LogP contribution in [0.5, 0.6) is 0 Å². The van der Waals surface area contributed by atoms with Gasteiger partial charge in [0.2, 0.25) is 0 Å². The highest BCUT2D eigenvalue weighted by atomic mass is 79.9. The summed E-state index contributed by atoms with van der Waals surface area (Å²) in [4.78, 5) is 12.0. The van der Waals surface area contributed by atoms with Gasteiger partial charge in [-0.25, -0.2) is 4.68 Å². The van der Waals surface area contributed by atoms with Crippen LogP contribution < -0.4 is 10.9 Å².